The molecule has 1 aromatic rings. The van der Waals surface area contributed by atoms with Gasteiger partial charge < -0.3 is 5.11 Å². The normalized spacial score (nSPS) is 14.6. The molecular formula is C13H24N4O2. The second-order valence-electron chi connectivity index (χ2n) is 5.16. The molecule has 1 heterocycles. The van der Waals surface area contributed by atoms with E-state index in [0.717, 1.165) is 25.7 Å². The Morgan fingerprint density at radius 1 is 1.32 bits per heavy atom. The number of carboxylic acids is 1. The minimum atomic E-state index is -1.07. The van der Waals surface area contributed by atoms with E-state index >= 15 is 0 Å². The van der Waals surface area contributed by atoms with Crippen molar-refractivity contribution < 1.29 is 9.90 Å². The second kappa shape index (κ2) is 6.63. The standard InChI is InChI=1S/C13H24N4O2/c1-5-8-10(9-6-2)11-14-15-16-17(11)13(4,7-3)12(18)19/h10H,5-9H2,1-4H3,(H,18,19). The van der Waals surface area contributed by atoms with Gasteiger partial charge in [0.25, 0.3) is 0 Å². The third-order valence-electron chi connectivity index (χ3n) is 3.75. The highest BCUT2D eigenvalue weighted by Gasteiger charge is 2.38. The Morgan fingerprint density at radius 2 is 1.89 bits per heavy atom. The lowest BCUT2D eigenvalue weighted by atomic mass is 9.94. The molecule has 0 amide bonds. The number of carboxylic acid groups (broad SMARTS) is 1. The van der Waals surface area contributed by atoms with Gasteiger partial charge in [0.1, 0.15) is 0 Å². The molecule has 6 heteroatoms. The second-order valence-corrected chi connectivity index (χ2v) is 5.16. The summed E-state index contributed by atoms with van der Waals surface area (Å²) in [6, 6.07) is 0. The SMILES string of the molecule is CCCC(CCC)c1nnnn1C(C)(CC)C(=O)O. The van der Waals surface area contributed by atoms with E-state index in [1.165, 1.54) is 4.68 Å². The Balaban J connectivity index is 3.17. The molecule has 1 unspecified atom stereocenters. The Bertz CT molecular complexity index is 413. The van der Waals surface area contributed by atoms with E-state index in [0.29, 0.717) is 12.2 Å². The minimum absolute atomic E-state index is 0.232. The summed E-state index contributed by atoms with van der Waals surface area (Å²) < 4.78 is 1.51. The van der Waals surface area contributed by atoms with E-state index in [1.807, 2.05) is 6.92 Å². The van der Waals surface area contributed by atoms with Gasteiger partial charge in [-0.3, -0.25) is 0 Å². The Morgan fingerprint density at radius 3 is 2.32 bits per heavy atom. The summed E-state index contributed by atoms with van der Waals surface area (Å²) in [6.45, 7) is 7.75. The summed E-state index contributed by atoms with van der Waals surface area (Å²) in [6.07, 6.45) is 4.48. The maximum Gasteiger partial charge on any atom is 0.331 e. The lowest BCUT2D eigenvalue weighted by Gasteiger charge is -2.26. The van der Waals surface area contributed by atoms with Crippen LogP contribution in [0.25, 0.3) is 0 Å². The lowest BCUT2D eigenvalue weighted by molar-refractivity contribution is -0.147. The summed E-state index contributed by atoms with van der Waals surface area (Å²) in [5.41, 5.74) is -1.07. The summed E-state index contributed by atoms with van der Waals surface area (Å²) in [5.74, 6) is 0.0426. The van der Waals surface area contributed by atoms with Gasteiger partial charge in [0.05, 0.1) is 0 Å². The molecule has 0 saturated heterocycles. The fourth-order valence-electron chi connectivity index (χ4n) is 2.29. The molecular weight excluding hydrogens is 244 g/mol. The van der Waals surface area contributed by atoms with Crippen molar-refractivity contribution in [3.8, 4) is 0 Å². The average molecular weight is 268 g/mol. The zero-order valence-corrected chi connectivity index (χ0v) is 12.3. The Hall–Kier alpha value is -1.46. The first-order valence-corrected chi connectivity index (χ1v) is 7.03. The molecule has 0 radical (unpaired) electrons. The largest absolute Gasteiger partial charge is 0.479 e. The van der Waals surface area contributed by atoms with Crippen LogP contribution in [0.4, 0.5) is 0 Å². The first kappa shape index (κ1) is 15.6. The smallest absolute Gasteiger partial charge is 0.331 e. The molecule has 1 N–H and O–H groups in total. The van der Waals surface area contributed by atoms with Crippen molar-refractivity contribution in [2.75, 3.05) is 0 Å². The van der Waals surface area contributed by atoms with Gasteiger partial charge in [-0.15, -0.1) is 5.10 Å². The molecule has 1 rings (SSSR count). The molecule has 0 saturated carbocycles. The van der Waals surface area contributed by atoms with Gasteiger partial charge in [-0.1, -0.05) is 33.6 Å². The van der Waals surface area contributed by atoms with E-state index < -0.39 is 11.5 Å². The number of rotatable bonds is 8. The molecule has 1 aromatic heterocycles. The van der Waals surface area contributed by atoms with E-state index in [-0.39, 0.29) is 5.92 Å². The molecule has 1 atom stereocenters. The van der Waals surface area contributed by atoms with Crippen molar-refractivity contribution in [3.05, 3.63) is 5.82 Å². The molecule has 0 aliphatic heterocycles. The Kier molecular flexibility index (Phi) is 5.44. The van der Waals surface area contributed by atoms with Crippen LogP contribution in [0.3, 0.4) is 0 Å². The van der Waals surface area contributed by atoms with E-state index in [2.05, 4.69) is 29.4 Å². The van der Waals surface area contributed by atoms with Gasteiger partial charge in [0.15, 0.2) is 11.4 Å². The zero-order valence-electron chi connectivity index (χ0n) is 12.3. The summed E-state index contributed by atoms with van der Waals surface area (Å²) in [5, 5.41) is 21.2. The third kappa shape index (κ3) is 3.11. The maximum absolute atomic E-state index is 11.5. The number of aliphatic carboxylic acids is 1. The van der Waals surface area contributed by atoms with Crippen LogP contribution in [0.5, 0.6) is 0 Å². The molecule has 0 aliphatic rings. The number of hydrogen-bond acceptors (Lipinski definition) is 4. The first-order chi connectivity index (χ1) is 9.01. The monoisotopic (exact) mass is 268 g/mol. The topological polar surface area (TPSA) is 80.9 Å². The lowest BCUT2D eigenvalue weighted by Crippen LogP contribution is -2.40. The van der Waals surface area contributed by atoms with Crippen LogP contribution >= 0.6 is 0 Å². The maximum atomic E-state index is 11.5. The summed E-state index contributed by atoms with van der Waals surface area (Å²) in [4.78, 5) is 11.5. The van der Waals surface area contributed by atoms with Crippen molar-refractivity contribution in [2.24, 2.45) is 0 Å². The van der Waals surface area contributed by atoms with Crippen molar-refractivity contribution in [1.29, 1.82) is 0 Å². The molecule has 0 bridgehead atoms. The quantitative estimate of drug-likeness (QED) is 0.783. The van der Waals surface area contributed by atoms with Gasteiger partial charge in [-0.05, 0) is 36.6 Å². The van der Waals surface area contributed by atoms with Crippen LogP contribution in [0.2, 0.25) is 0 Å². The van der Waals surface area contributed by atoms with Gasteiger partial charge in [0.2, 0.25) is 0 Å². The van der Waals surface area contributed by atoms with Crippen LogP contribution in [0.1, 0.15) is 71.5 Å². The molecule has 108 valence electrons. The van der Waals surface area contributed by atoms with Crippen LogP contribution in [0.15, 0.2) is 0 Å². The first-order valence-electron chi connectivity index (χ1n) is 7.03. The van der Waals surface area contributed by atoms with E-state index in [4.69, 9.17) is 0 Å². The van der Waals surface area contributed by atoms with Gasteiger partial charge >= 0.3 is 5.97 Å². The molecule has 0 spiro atoms. The predicted octanol–water partition coefficient (Wildman–Crippen LogP) is 2.57. The molecule has 6 nitrogen and oxygen atoms in total. The summed E-state index contributed by atoms with van der Waals surface area (Å²) >= 11 is 0. The molecule has 19 heavy (non-hydrogen) atoms. The van der Waals surface area contributed by atoms with Crippen LogP contribution in [-0.2, 0) is 10.3 Å². The van der Waals surface area contributed by atoms with Gasteiger partial charge in [-0.2, -0.15) is 0 Å². The number of carbonyl (C=O) groups is 1. The number of nitrogens with zero attached hydrogens (tertiary/aromatic N) is 4. The predicted molar refractivity (Wildman–Crippen MR) is 71.9 cm³/mol. The zero-order chi connectivity index (χ0) is 14.5. The van der Waals surface area contributed by atoms with Gasteiger partial charge in [0, 0.05) is 5.92 Å². The summed E-state index contributed by atoms with van der Waals surface area (Å²) in [7, 11) is 0. The average Bonchev–Trinajstić information content (AvgIpc) is 2.86. The minimum Gasteiger partial charge on any atom is -0.479 e. The van der Waals surface area contributed by atoms with Crippen LogP contribution < -0.4 is 0 Å². The van der Waals surface area contributed by atoms with Crippen LogP contribution in [0, 0.1) is 0 Å². The molecule has 0 fully saturated rings. The highest BCUT2D eigenvalue weighted by atomic mass is 16.4. The van der Waals surface area contributed by atoms with E-state index in [1.54, 1.807) is 6.92 Å². The number of tetrazole rings is 1. The highest BCUT2D eigenvalue weighted by molar-refractivity contribution is 5.76. The third-order valence-corrected chi connectivity index (χ3v) is 3.75. The van der Waals surface area contributed by atoms with Crippen LogP contribution in [-0.4, -0.2) is 31.3 Å². The van der Waals surface area contributed by atoms with E-state index in [9.17, 15) is 9.90 Å². The van der Waals surface area contributed by atoms with Crippen molar-refractivity contribution in [1.82, 2.24) is 20.2 Å². The van der Waals surface area contributed by atoms with Crippen molar-refractivity contribution >= 4 is 5.97 Å². The number of aromatic nitrogens is 4. The number of hydrogen-bond donors (Lipinski definition) is 1. The van der Waals surface area contributed by atoms with Crippen molar-refractivity contribution in [3.63, 3.8) is 0 Å². The molecule has 0 aromatic carbocycles. The highest BCUT2D eigenvalue weighted by Crippen LogP contribution is 2.29. The fourth-order valence-corrected chi connectivity index (χ4v) is 2.29. The fraction of sp³-hybridized carbons (Fsp3) is 0.846. The Labute approximate surface area is 114 Å². The van der Waals surface area contributed by atoms with Crippen molar-refractivity contribution in [2.45, 2.75) is 71.3 Å². The van der Waals surface area contributed by atoms with Gasteiger partial charge in [-0.25, -0.2) is 9.48 Å². The molecule has 0 aliphatic carbocycles.